The minimum absolute atomic E-state index is 0.109. The molecule has 102 valence electrons. The van der Waals surface area contributed by atoms with Gasteiger partial charge in [0.25, 0.3) is 0 Å². The van der Waals surface area contributed by atoms with Gasteiger partial charge in [0, 0.05) is 12.4 Å². The molecule has 0 aliphatic rings. The summed E-state index contributed by atoms with van der Waals surface area (Å²) in [4.78, 5) is 20.3. The molecule has 0 amide bonds. The Hall–Kier alpha value is -2.63. The van der Waals surface area contributed by atoms with Gasteiger partial charge in [-0.15, -0.1) is 0 Å². The van der Waals surface area contributed by atoms with Gasteiger partial charge < -0.3 is 13.6 Å². The number of esters is 1. The van der Waals surface area contributed by atoms with Gasteiger partial charge in [-0.3, -0.25) is 4.79 Å². The van der Waals surface area contributed by atoms with Crippen molar-refractivity contribution in [2.45, 2.75) is 13.3 Å². The van der Waals surface area contributed by atoms with Crippen molar-refractivity contribution in [2.75, 3.05) is 7.11 Å². The summed E-state index contributed by atoms with van der Waals surface area (Å²) in [5.41, 5.74) is 2.79. The van der Waals surface area contributed by atoms with Gasteiger partial charge in [0.05, 0.1) is 31.2 Å². The van der Waals surface area contributed by atoms with Crippen molar-refractivity contribution in [3.8, 4) is 11.5 Å². The Morgan fingerprint density at radius 1 is 1.40 bits per heavy atom. The van der Waals surface area contributed by atoms with Gasteiger partial charge >= 0.3 is 5.97 Å². The number of fused-ring (bicyclic) bond motifs is 1. The molecule has 0 saturated carbocycles. The highest BCUT2D eigenvalue weighted by molar-refractivity contribution is 5.74. The first-order chi connectivity index (χ1) is 9.67. The lowest BCUT2D eigenvalue weighted by Gasteiger charge is -2.05. The molecule has 3 rings (SSSR count). The number of aromatic nitrogens is 3. The minimum Gasteiger partial charge on any atom is -0.469 e. The first kappa shape index (κ1) is 12.4. The van der Waals surface area contributed by atoms with E-state index in [0.29, 0.717) is 22.8 Å². The van der Waals surface area contributed by atoms with E-state index in [1.54, 1.807) is 18.5 Å². The van der Waals surface area contributed by atoms with Crippen LogP contribution in [0.2, 0.25) is 0 Å². The molecule has 0 bridgehead atoms. The third-order valence-electron chi connectivity index (χ3n) is 2.92. The maximum Gasteiger partial charge on any atom is 0.311 e. The van der Waals surface area contributed by atoms with E-state index >= 15 is 0 Å². The fraction of sp³-hybridized carbons (Fsp3) is 0.214. The maximum atomic E-state index is 11.4. The summed E-state index contributed by atoms with van der Waals surface area (Å²) in [6, 6.07) is 3.60. The number of ether oxygens (including phenoxy) is 1. The van der Waals surface area contributed by atoms with Crippen molar-refractivity contribution in [3.63, 3.8) is 0 Å². The van der Waals surface area contributed by atoms with Crippen LogP contribution in [-0.2, 0) is 16.0 Å². The predicted octanol–water partition coefficient (Wildman–Crippen LogP) is 2.01. The second kappa shape index (κ2) is 4.80. The van der Waals surface area contributed by atoms with Gasteiger partial charge in [-0.1, -0.05) is 0 Å². The van der Waals surface area contributed by atoms with E-state index in [1.165, 1.54) is 7.11 Å². The van der Waals surface area contributed by atoms with Crippen LogP contribution in [0.4, 0.5) is 0 Å². The quantitative estimate of drug-likeness (QED) is 0.681. The van der Waals surface area contributed by atoms with Crippen LogP contribution >= 0.6 is 0 Å². The van der Waals surface area contributed by atoms with Gasteiger partial charge in [0.15, 0.2) is 11.4 Å². The number of nitrogens with zero attached hydrogens (tertiary/aromatic N) is 3. The highest BCUT2D eigenvalue weighted by Crippen LogP contribution is 2.23. The molecule has 0 radical (unpaired) electrons. The van der Waals surface area contributed by atoms with Crippen molar-refractivity contribution in [3.05, 3.63) is 42.2 Å². The van der Waals surface area contributed by atoms with E-state index in [-0.39, 0.29) is 12.4 Å². The smallest absolute Gasteiger partial charge is 0.311 e. The third kappa shape index (κ3) is 2.16. The number of aryl methyl sites for hydroxylation is 1. The first-order valence-electron chi connectivity index (χ1n) is 6.13. The zero-order valence-electron chi connectivity index (χ0n) is 11.2. The maximum absolute atomic E-state index is 11.4. The molecule has 6 heteroatoms. The fourth-order valence-corrected chi connectivity index (χ4v) is 2.06. The van der Waals surface area contributed by atoms with Crippen LogP contribution in [0.25, 0.3) is 17.1 Å². The molecule has 6 nitrogen and oxygen atoms in total. The van der Waals surface area contributed by atoms with Crippen LogP contribution < -0.4 is 0 Å². The van der Waals surface area contributed by atoms with E-state index in [0.717, 1.165) is 5.69 Å². The number of methoxy groups -OCH3 is 1. The zero-order chi connectivity index (χ0) is 14.1. The normalized spacial score (nSPS) is 10.9. The second-order valence-electron chi connectivity index (χ2n) is 4.42. The van der Waals surface area contributed by atoms with Gasteiger partial charge in [-0.25, -0.2) is 9.97 Å². The van der Waals surface area contributed by atoms with Gasteiger partial charge in [0.1, 0.15) is 5.69 Å². The molecule has 0 saturated heterocycles. The molecule has 0 fully saturated rings. The van der Waals surface area contributed by atoms with E-state index in [2.05, 4.69) is 14.7 Å². The third-order valence-corrected chi connectivity index (χ3v) is 2.92. The van der Waals surface area contributed by atoms with Gasteiger partial charge in [-0.05, 0) is 19.1 Å². The lowest BCUT2D eigenvalue weighted by Crippen LogP contribution is -2.08. The predicted molar refractivity (Wildman–Crippen MR) is 71.1 cm³/mol. The number of carbonyl (C=O) groups excluding carboxylic acids is 1. The van der Waals surface area contributed by atoms with Crippen LogP contribution in [0.15, 0.2) is 35.2 Å². The summed E-state index contributed by atoms with van der Waals surface area (Å²) >= 11 is 0. The molecule has 0 N–H and O–H groups in total. The largest absolute Gasteiger partial charge is 0.469 e. The van der Waals surface area contributed by atoms with E-state index in [9.17, 15) is 4.79 Å². The van der Waals surface area contributed by atoms with E-state index in [4.69, 9.17) is 4.42 Å². The molecular formula is C14H13N3O3. The van der Waals surface area contributed by atoms with Crippen LogP contribution in [0, 0.1) is 6.92 Å². The van der Waals surface area contributed by atoms with Crippen molar-refractivity contribution < 1.29 is 13.9 Å². The second-order valence-corrected chi connectivity index (χ2v) is 4.42. The van der Waals surface area contributed by atoms with Crippen LogP contribution in [0.1, 0.15) is 11.4 Å². The van der Waals surface area contributed by atoms with Gasteiger partial charge in [-0.2, -0.15) is 0 Å². The number of hydrogen-bond acceptors (Lipinski definition) is 5. The summed E-state index contributed by atoms with van der Waals surface area (Å²) < 4.78 is 11.9. The molecule has 0 aromatic carbocycles. The highest BCUT2D eigenvalue weighted by atomic mass is 16.5. The molecular weight excluding hydrogens is 258 g/mol. The van der Waals surface area contributed by atoms with Crippen LogP contribution in [-0.4, -0.2) is 27.4 Å². The molecule has 0 spiro atoms. The Bertz CT molecular complexity index is 759. The molecule has 20 heavy (non-hydrogen) atoms. The lowest BCUT2D eigenvalue weighted by atomic mass is 10.2. The Morgan fingerprint density at radius 2 is 2.25 bits per heavy atom. The Morgan fingerprint density at radius 3 is 2.95 bits per heavy atom. The average Bonchev–Trinajstić information content (AvgIpc) is 3.05. The summed E-state index contributed by atoms with van der Waals surface area (Å²) in [7, 11) is 1.36. The Labute approximate surface area is 115 Å². The standard InChI is InChI=1S/C14H13N3O3/c1-9-7-17-8-10(6-12(18)19-2)16-13(14(17)15-9)11-4-3-5-20-11/h3-5,7-8H,6H2,1-2H3. The number of imidazole rings is 1. The van der Waals surface area contributed by atoms with Crippen LogP contribution in [0.3, 0.4) is 0 Å². The van der Waals surface area contributed by atoms with Gasteiger partial charge in [0.2, 0.25) is 0 Å². The average molecular weight is 271 g/mol. The molecule has 3 aromatic rings. The number of furan rings is 1. The Balaban J connectivity index is 2.17. The molecule has 0 unspecified atom stereocenters. The lowest BCUT2D eigenvalue weighted by molar-refractivity contribution is -0.139. The van der Waals surface area contributed by atoms with E-state index in [1.807, 2.05) is 23.6 Å². The molecule has 3 aromatic heterocycles. The SMILES string of the molecule is COC(=O)Cc1cn2cc(C)nc2c(-c2ccco2)n1. The van der Waals surface area contributed by atoms with Crippen molar-refractivity contribution in [1.82, 2.24) is 14.4 Å². The monoisotopic (exact) mass is 271 g/mol. The van der Waals surface area contributed by atoms with E-state index < -0.39 is 0 Å². The molecule has 0 aliphatic carbocycles. The summed E-state index contributed by atoms with van der Waals surface area (Å²) in [5.74, 6) is 0.284. The first-order valence-corrected chi connectivity index (χ1v) is 6.13. The number of hydrogen-bond donors (Lipinski definition) is 0. The Kier molecular flexibility index (Phi) is 2.98. The molecule has 3 heterocycles. The summed E-state index contributed by atoms with van der Waals surface area (Å²) in [6.45, 7) is 1.90. The molecule has 0 atom stereocenters. The summed E-state index contributed by atoms with van der Waals surface area (Å²) in [6.07, 6.45) is 5.34. The molecule has 0 aliphatic heterocycles. The number of carbonyl (C=O) groups is 1. The van der Waals surface area contributed by atoms with Crippen molar-refractivity contribution >= 4 is 11.6 Å². The zero-order valence-corrected chi connectivity index (χ0v) is 11.2. The van der Waals surface area contributed by atoms with Crippen molar-refractivity contribution in [2.24, 2.45) is 0 Å². The fourth-order valence-electron chi connectivity index (χ4n) is 2.06. The van der Waals surface area contributed by atoms with Crippen LogP contribution in [0.5, 0.6) is 0 Å². The topological polar surface area (TPSA) is 69.6 Å². The summed E-state index contributed by atoms with van der Waals surface area (Å²) in [5, 5.41) is 0. The highest BCUT2D eigenvalue weighted by Gasteiger charge is 2.15. The van der Waals surface area contributed by atoms with Crippen molar-refractivity contribution in [1.29, 1.82) is 0 Å². The number of rotatable bonds is 3. The minimum atomic E-state index is -0.334.